The zero-order valence-corrected chi connectivity index (χ0v) is 12.6. The second-order valence-electron chi connectivity index (χ2n) is 5.84. The molecule has 21 heavy (non-hydrogen) atoms. The van der Waals surface area contributed by atoms with Gasteiger partial charge in [0, 0.05) is 19.5 Å². The number of carbonyl (C=O) groups is 1. The molecule has 1 unspecified atom stereocenters. The summed E-state index contributed by atoms with van der Waals surface area (Å²) < 4.78 is 13.2. The Balaban J connectivity index is 1.81. The van der Waals surface area contributed by atoms with E-state index in [1.165, 1.54) is 12.5 Å². The van der Waals surface area contributed by atoms with Crippen molar-refractivity contribution in [1.82, 2.24) is 4.90 Å². The van der Waals surface area contributed by atoms with Crippen LogP contribution in [-0.4, -0.2) is 23.9 Å². The second-order valence-corrected chi connectivity index (χ2v) is 5.84. The molecule has 1 aromatic rings. The van der Waals surface area contributed by atoms with Crippen LogP contribution in [0.15, 0.2) is 36.9 Å². The number of allylic oxidation sites excluding steroid dienone is 1. The Labute approximate surface area is 126 Å². The van der Waals surface area contributed by atoms with Gasteiger partial charge in [0.05, 0.1) is 0 Å². The number of hydrogen-bond acceptors (Lipinski definition) is 1. The Kier molecular flexibility index (Phi) is 5.97. The monoisotopic (exact) mass is 289 g/mol. The molecule has 1 saturated heterocycles. The van der Waals surface area contributed by atoms with Crippen molar-refractivity contribution in [2.45, 2.75) is 38.5 Å². The van der Waals surface area contributed by atoms with Gasteiger partial charge in [0.2, 0.25) is 5.91 Å². The zero-order valence-electron chi connectivity index (χ0n) is 12.6. The highest BCUT2D eigenvalue weighted by atomic mass is 19.1. The number of amides is 1. The van der Waals surface area contributed by atoms with Crippen molar-refractivity contribution in [2.75, 3.05) is 13.1 Å². The van der Waals surface area contributed by atoms with Crippen molar-refractivity contribution in [3.05, 3.63) is 48.3 Å². The van der Waals surface area contributed by atoms with Crippen LogP contribution in [0.25, 0.3) is 0 Å². The van der Waals surface area contributed by atoms with Crippen LogP contribution in [0.4, 0.5) is 4.39 Å². The van der Waals surface area contributed by atoms with Crippen molar-refractivity contribution in [3.8, 4) is 0 Å². The second kappa shape index (κ2) is 7.96. The van der Waals surface area contributed by atoms with Gasteiger partial charge in [-0.1, -0.05) is 18.2 Å². The molecule has 1 aromatic carbocycles. The number of carbonyl (C=O) groups excluding carboxylic acids is 1. The Morgan fingerprint density at radius 2 is 2.33 bits per heavy atom. The average Bonchev–Trinajstić information content (AvgIpc) is 2.51. The van der Waals surface area contributed by atoms with Gasteiger partial charge in [-0.25, -0.2) is 4.39 Å². The third kappa shape index (κ3) is 5.00. The van der Waals surface area contributed by atoms with Crippen molar-refractivity contribution < 1.29 is 9.18 Å². The van der Waals surface area contributed by atoms with E-state index in [2.05, 4.69) is 6.58 Å². The first kappa shape index (κ1) is 15.7. The highest BCUT2D eigenvalue weighted by Gasteiger charge is 2.22. The van der Waals surface area contributed by atoms with E-state index >= 15 is 0 Å². The lowest BCUT2D eigenvalue weighted by molar-refractivity contribution is -0.132. The number of aryl methyl sites for hydroxylation is 1. The number of rotatable bonds is 6. The van der Waals surface area contributed by atoms with E-state index in [1.54, 1.807) is 18.2 Å². The molecule has 3 heteroatoms. The van der Waals surface area contributed by atoms with Gasteiger partial charge in [0.1, 0.15) is 5.82 Å². The van der Waals surface area contributed by atoms with E-state index < -0.39 is 0 Å². The highest BCUT2D eigenvalue weighted by molar-refractivity contribution is 5.76. The molecule has 0 aromatic heterocycles. The SMILES string of the molecule is C=CCCC(=O)N1CCCC(CCc2cccc(F)c2)C1. The number of nitrogens with zero attached hydrogens (tertiary/aromatic N) is 1. The van der Waals surface area contributed by atoms with E-state index in [0.29, 0.717) is 12.3 Å². The Morgan fingerprint density at radius 1 is 1.48 bits per heavy atom. The number of likely N-dealkylation sites (tertiary alicyclic amines) is 1. The van der Waals surface area contributed by atoms with Gasteiger partial charge in [-0.15, -0.1) is 6.58 Å². The molecule has 114 valence electrons. The summed E-state index contributed by atoms with van der Waals surface area (Å²) in [6, 6.07) is 6.81. The van der Waals surface area contributed by atoms with Crippen LogP contribution >= 0.6 is 0 Å². The fourth-order valence-electron chi connectivity index (χ4n) is 2.97. The van der Waals surface area contributed by atoms with Crippen molar-refractivity contribution in [3.63, 3.8) is 0 Å². The van der Waals surface area contributed by atoms with Crippen LogP contribution in [0.1, 0.15) is 37.7 Å². The summed E-state index contributed by atoms with van der Waals surface area (Å²) in [5, 5.41) is 0. The van der Waals surface area contributed by atoms with Gasteiger partial charge >= 0.3 is 0 Å². The van der Waals surface area contributed by atoms with Gasteiger partial charge in [0.15, 0.2) is 0 Å². The summed E-state index contributed by atoms with van der Waals surface area (Å²) in [7, 11) is 0. The molecule has 0 saturated carbocycles. The Hall–Kier alpha value is -1.64. The molecule has 1 amide bonds. The molecule has 2 nitrogen and oxygen atoms in total. The van der Waals surface area contributed by atoms with Crippen molar-refractivity contribution in [2.24, 2.45) is 5.92 Å². The summed E-state index contributed by atoms with van der Waals surface area (Å²) in [6.07, 6.45) is 7.27. The lowest BCUT2D eigenvalue weighted by atomic mass is 9.91. The van der Waals surface area contributed by atoms with Crippen LogP contribution in [0.2, 0.25) is 0 Å². The first-order chi connectivity index (χ1) is 10.2. The first-order valence-electron chi connectivity index (χ1n) is 7.82. The third-order valence-corrected chi connectivity index (χ3v) is 4.16. The van der Waals surface area contributed by atoms with E-state index in [9.17, 15) is 9.18 Å². The third-order valence-electron chi connectivity index (χ3n) is 4.16. The normalized spacial score (nSPS) is 18.5. The number of piperidine rings is 1. The Bertz CT molecular complexity index is 486. The molecule has 1 aliphatic rings. The van der Waals surface area contributed by atoms with E-state index in [1.807, 2.05) is 11.0 Å². The predicted molar refractivity (Wildman–Crippen MR) is 83.5 cm³/mol. The largest absolute Gasteiger partial charge is 0.342 e. The molecule has 1 fully saturated rings. The summed E-state index contributed by atoms with van der Waals surface area (Å²) in [4.78, 5) is 14.0. The quantitative estimate of drug-likeness (QED) is 0.726. The van der Waals surface area contributed by atoms with Crippen LogP contribution < -0.4 is 0 Å². The number of halogens is 1. The maximum Gasteiger partial charge on any atom is 0.222 e. The highest BCUT2D eigenvalue weighted by Crippen LogP contribution is 2.22. The lowest BCUT2D eigenvalue weighted by Gasteiger charge is -2.33. The molecule has 0 spiro atoms. The molecule has 0 aliphatic carbocycles. The fourth-order valence-corrected chi connectivity index (χ4v) is 2.97. The predicted octanol–water partition coefficient (Wildman–Crippen LogP) is 3.96. The molecule has 0 bridgehead atoms. The minimum Gasteiger partial charge on any atom is -0.342 e. The van der Waals surface area contributed by atoms with Crippen LogP contribution in [0.3, 0.4) is 0 Å². The summed E-state index contributed by atoms with van der Waals surface area (Å²) in [6.45, 7) is 5.40. The maximum atomic E-state index is 13.2. The van der Waals surface area contributed by atoms with E-state index in [0.717, 1.165) is 44.3 Å². The van der Waals surface area contributed by atoms with Gasteiger partial charge in [-0.05, 0) is 55.7 Å². The summed E-state index contributed by atoms with van der Waals surface area (Å²) >= 11 is 0. The molecule has 1 atom stereocenters. The van der Waals surface area contributed by atoms with Crippen LogP contribution in [0, 0.1) is 11.7 Å². The maximum absolute atomic E-state index is 13.2. The van der Waals surface area contributed by atoms with Gasteiger partial charge in [-0.2, -0.15) is 0 Å². The van der Waals surface area contributed by atoms with E-state index in [-0.39, 0.29) is 11.7 Å². The lowest BCUT2D eigenvalue weighted by Crippen LogP contribution is -2.39. The van der Waals surface area contributed by atoms with E-state index in [4.69, 9.17) is 0 Å². The molecule has 0 radical (unpaired) electrons. The average molecular weight is 289 g/mol. The Morgan fingerprint density at radius 3 is 3.10 bits per heavy atom. The van der Waals surface area contributed by atoms with Gasteiger partial charge < -0.3 is 4.90 Å². The van der Waals surface area contributed by atoms with Crippen molar-refractivity contribution >= 4 is 5.91 Å². The molecular formula is C18H24FNO. The molecule has 1 aliphatic heterocycles. The zero-order chi connectivity index (χ0) is 15.1. The minimum atomic E-state index is -0.169. The van der Waals surface area contributed by atoms with Crippen molar-refractivity contribution in [1.29, 1.82) is 0 Å². The first-order valence-corrected chi connectivity index (χ1v) is 7.82. The molecule has 2 rings (SSSR count). The minimum absolute atomic E-state index is 0.169. The number of benzene rings is 1. The van der Waals surface area contributed by atoms with Gasteiger partial charge in [-0.3, -0.25) is 4.79 Å². The topological polar surface area (TPSA) is 20.3 Å². The fraction of sp³-hybridized carbons (Fsp3) is 0.500. The standard InChI is InChI=1S/C18H24FNO/c1-2-3-9-18(21)20-12-5-7-16(14-20)11-10-15-6-4-8-17(19)13-15/h2,4,6,8,13,16H,1,3,5,7,9-12,14H2. The summed E-state index contributed by atoms with van der Waals surface area (Å²) in [5.41, 5.74) is 1.05. The summed E-state index contributed by atoms with van der Waals surface area (Å²) in [5.74, 6) is 0.609. The number of hydrogen-bond donors (Lipinski definition) is 0. The van der Waals surface area contributed by atoms with Gasteiger partial charge in [0.25, 0.3) is 0 Å². The van der Waals surface area contributed by atoms with Crippen LogP contribution in [0.5, 0.6) is 0 Å². The molecular weight excluding hydrogens is 265 g/mol. The molecule has 1 heterocycles. The van der Waals surface area contributed by atoms with Crippen LogP contribution in [-0.2, 0) is 11.2 Å². The molecule has 0 N–H and O–H groups in total. The smallest absolute Gasteiger partial charge is 0.222 e.